The molecule has 0 rings (SSSR count). The number of ether oxygens (including phenoxy) is 3. The highest BCUT2D eigenvalue weighted by Crippen LogP contribution is 2.36. The minimum absolute atomic E-state index is 0. The molecule has 0 fully saturated rings. The lowest BCUT2D eigenvalue weighted by atomic mass is 10.3. The monoisotopic (exact) mass is 723 g/mol. The average molecular weight is 724 g/mol. The predicted octanol–water partition coefficient (Wildman–Crippen LogP) is 2.44. The Bertz CT molecular complexity index is 695. The Hall–Kier alpha value is -1.32. The lowest BCUT2D eigenvalue weighted by molar-refractivity contribution is -0.323. The van der Waals surface area contributed by atoms with E-state index in [0.717, 1.165) is 0 Å². The summed E-state index contributed by atoms with van der Waals surface area (Å²) in [4.78, 5) is 20.6. The minimum Gasteiger partial charge on any atom is -1.00 e. The summed E-state index contributed by atoms with van der Waals surface area (Å²) >= 11 is 4.87. The summed E-state index contributed by atoms with van der Waals surface area (Å²) in [6.07, 6.45) is -29.9. The summed E-state index contributed by atoms with van der Waals surface area (Å²) in [5, 5.41) is 7.52. The first kappa shape index (κ1) is 43.7. The van der Waals surface area contributed by atoms with E-state index in [1.807, 2.05) is 0 Å². The molecular formula is C18H21ClF12IO6-. The van der Waals surface area contributed by atoms with Gasteiger partial charge < -0.3 is 43.3 Å². The summed E-state index contributed by atoms with van der Waals surface area (Å²) in [7, 11) is 0. The van der Waals surface area contributed by atoms with Gasteiger partial charge in [-0.25, -0.2) is 4.79 Å². The van der Waals surface area contributed by atoms with Crippen molar-refractivity contribution >= 4 is 22.8 Å². The molecule has 228 valence electrons. The molecule has 0 aromatic rings. The van der Waals surface area contributed by atoms with Gasteiger partial charge in [0.1, 0.15) is 6.61 Å². The quantitative estimate of drug-likeness (QED) is 0.0985. The molecule has 0 saturated heterocycles. The van der Waals surface area contributed by atoms with Crippen molar-refractivity contribution in [3.05, 3.63) is 24.3 Å². The van der Waals surface area contributed by atoms with Crippen LogP contribution in [0.1, 0.15) is 13.8 Å². The van der Waals surface area contributed by atoms with Crippen LogP contribution >= 0.6 is 11.6 Å². The molecule has 0 spiro atoms. The van der Waals surface area contributed by atoms with Gasteiger partial charge in [-0.1, -0.05) is 13.2 Å². The second-order valence-electron chi connectivity index (χ2n) is 6.36. The van der Waals surface area contributed by atoms with Crippen LogP contribution in [0.5, 0.6) is 0 Å². The molecule has 6 nitrogen and oxygen atoms in total. The van der Waals surface area contributed by atoms with Crippen molar-refractivity contribution in [2.24, 2.45) is 0 Å². The molecule has 0 atom stereocenters. The van der Waals surface area contributed by atoms with Crippen LogP contribution in [-0.4, -0.2) is 79.7 Å². The zero-order chi connectivity index (χ0) is 30.4. The average Bonchev–Trinajstić information content (AvgIpc) is 2.64. The topological polar surface area (TPSA) is 82.1 Å². The van der Waals surface area contributed by atoms with E-state index in [9.17, 15) is 62.3 Å². The molecule has 0 aromatic carbocycles. The summed E-state index contributed by atoms with van der Waals surface area (Å²) in [5.74, 6) is -0.922. The molecule has 0 bridgehead atoms. The minimum atomic E-state index is -5.57. The molecule has 0 unspecified atom stereocenters. The van der Waals surface area contributed by atoms with Gasteiger partial charge in [-0.3, -0.25) is 4.79 Å². The van der Waals surface area contributed by atoms with E-state index in [4.69, 9.17) is 16.7 Å². The van der Waals surface area contributed by atoms with E-state index in [-0.39, 0.29) is 29.5 Å². The van der Waals surface area contributed by atoms with E-state index >= 15 is 0 Å². The van der Waals surface area contributed by atoms with E-state index in [1.165, 1.54) is 6.92 Å². The molecule has 0 aliphatic rings. The van der Waals surface area contributed by atoms with E-state index in [1.54, 1.807) is 6.92 Å². The molecule has 0 radical (unpaired) electrons. The van der Waals surface area contributed by atoms with Crippen LogP contribution in [0.15, 0.2) is 24.3 Å². The second-order valence-corrected chi connectivity index (χ2v) is 6.71. The van der Waals surface area contributed by atoms with Crippen LogP contribution in [0.3, 0.4) is 0 Å². The molecule has 38 heavy (non-hydrogen) atoms. The summed E-state index contributed by atoms with van der Waals surface area (Å²) < 4.78 is 153. The van der Waals surface area contributed by atoms with Crippen molar-refractivity contribution in [3.63, 3.8) is 0 Å². The van der Waals surface area contributed by atoms with Crippen molar-refractivity contribution < 1.29 is 106 Å². The standard InChI is InChI=1S/C9H10F6O3.C5H6F6O2.C4H5ClO.HI/c1-5(2)6(16)17-3-4-18-7(8(10,11)12)9(13,14)15;6-4(7,8)3(5(9,10)11)13-2-1-12;1-3(2)4(5)6;/h7H,1,3-4H2,2H3;3,12H,1-2H2;1H2,2H3;1H/p-1. The highest BCUT2D eigenvalue weighted by atomic mass is 127. The molecule has 0 amide bonds. The van der Waals surface area contributed by atoms with Gasteiger partial charge in [0.25, 0.3) is 0 Å². The first-order chi connectivity index (χ1) is 16.3. The maximum absolute atomic E-state index is 12.0. The fourth-order valence-electron chi connectivity index (χ4n) is 1.34. The van der Waals surface area contributed by atoms with Gasteiger partial charge in [-0.05, 0) is 25.4 Å². The number of alkyl halides is 12. The number of hydrogen-bond donors (Lipinski definition) is 1. The van der Waals surface area contributed by atoms with Crippen molar-refractivity contribution in [3.8, 4) is 0 Å². The maximum atomic E-state index is 12.0. The van der Waals surface area contributed by atoms with E-state index in [2.05, 4.69) is 27.4 Å². The SMILES string of the molecule is C=C(C)C(=O)Cl.C=C(C)C(=O)OCCOC(C(F)(F)F)C(F)(F)F.OCCOC(C(F)(F)F)C(F)(F)F.[I-]. The van der Waals surface area contributed by atoms with E-state index in [0.29, 0.717) is 5.57 Å². The van der Waals surface area contributed by atoms with Gasteiger partial charge >= 0.3 is 30.7 Å². The first-order valence-electron chi connectivity index (χ1n) is 9.08. The molecule has 0 aliphatic heterocycles. The fraction of sp³-hybridized carbons (Fsp3) is 0.667. The Balaban J connectivity index is -0.000000253. The van der Waals surface area contributed by atoms with Gasteiger partial charge in [0.05, 0.1) is 19.8 Å². The van der Waals surface area contributed by atoms with Crippen molar-refractivity contribution in [2.75, 3.05) is 26.4 Å². The molecule has 0 aliphatic carbocycles. The molecule has 1 N–H and O–H groups in total. The zero-order valence-corrected chi connectivity index (χ0v) is 22.1. The third kappa shape index (κ3) is 22.6. The Morgan fingerprint density at radius 2 is 1.00 bits per heavy atom. The third-order valence-electron chi connectivity index (χ3n) is 2.85. The highest BCUT2D eigenvalue weighted by Gasteiger charge is 2.58. The molecule has 20 heteroatoms. The van der Waals surface area contributed by atoms with Crippen LogP contribution in [0.25, 0.3) is 0 Å². The number of halogens is 14. The normalized spacial score (nSPS) is 11.9. The lowest BCUT2D eigenvalue weighted by Crippen LogP contribution is -3.00. The van der Waals surface area contributed by atoms with Crippen LogP contribution in [0.4, 0.5) is 52.7 Å². The Labute approximate surface area is 229 Å². The number of carbonyl (C=O) groups is 2. The summed E-state index contributed by atoms with van der Waals surface area (Å²) in [5.41, 5.74) is 0.356. The Morgan fingerprint density at radius 3 is 1.21 bits per heavy atom. The van der Waals surface area contributed by atoms with Crippen LogP contribution in [-0.2, 0) is 23.8 Å². The molecule has 0 aromatic heterocycles. The van der Waals surface area contributed by atoms with Crippen LogP contribution in [0, 0.1) is 0 Å². The number of carbonyl (C=O) groups excluding carboxylic acids is 2. The molecular weight excluding hydrogens is 703 g/mol. The molecule has 0 saturated carbocycles. The smallest absolute Gasteiger partial charge is 0.423 e. The maximum Gasteiger partial charge on any atom is 0.423 e. The summed E-state index contributed by atoms with van der Waals surface area (Å²) in [6, 6.07) is 0. The van der Waals surface area contributed by atoms with Gasteiger partial charge in [-0.15, -0.1) is 0 Å². The number of aliphatic hydroxyl groups excluding tert-OH is 1. The number of esters is 1. The third-order valence-corrected chi connectivity index (χ3v) is 3.17. The largest absolute Gasteiger partial charge is 1.00 e. The highest BCUT2D eigenvalue weighted by molar-refractivity contribution is 6.67. The number of allylic oxidation sites excluding steroid dienone is 1. The van der Waals surface area contributed by atoms with Gasteiger partial charge in [0.15, 0.2) is 0 Å². The fourth-order valence-corrected chi connectivity index (χ4v) is 1.34. The van der Waals surface area contributed by atoms with Crippen molar-refractivity contribution in [1.29, 1.82) is 0 Å². The van der Waals surface area contributed by atoms with Gasteiger partial charge in [0.2, 0.25) is 17.5 Å². The first-order valence-corrected chi connectivity index (χ1v) is 9.46. The Kier molecular flexibility index (Phi) is 21.7. The van der Waals surface area contributed by atoms with Crippen molar-refractivity contribution in [2.45, 2.75) is 50.8 Å². The summed E-state index contributed by atoms with van der Waals surface area (Å²) in [6.45, 7) is 5.62. The van der Waals surface area contributed by atoms with E-state index < -0.39 is 74.6 Å². The lowest BCUT2D eigenvalue weighted by Gasteiger charge is -2.22. The zero-order valence-electron chi connectivity index (χ0n) is 19.2. The number of hydrogen-bond acceptors (Lipinski definition) is 6. The van der Waals surface area contributed by atoms with Crippen LogP contribution in [0.2, 0.25) is 0 Å². The van der Waals surface area contributed by atoms with Crippen LogP contribution < -0.4 is 24.0 Å². The second kappa shape index (κ2) is 18.9. The van der Waals surface area contributed by atoms with Gasteiger partial charge in [-0.2, -0.15) is 52.7 Å². The Morgan fingerprint density at radius 1 is 0.711 bits per heavy atom. The predicted molar refractivity (Wildman–Crippen MR) is 102 cm³/mol. The van der Waals surface area contributed by atoms with Gasteiger partial charge in [0, 0.05) is 11.1 Å². The molecule has 0 heterocycles. The van der Waals surface area contributed by atoms with Crippen molar-refractivity contribution in [1.82, 2.24) is 0 Å². The number of rotatable bonds is 9. The number of aliphatic hydroxyl groups is 1.